The monoisotopic (exact) mass is 243 g/mol. The van der Waals surface area contributed by atoms with Gasteiger partial charge in [0.1, 0.15) is 0 Å². The molecule has 0 aromatic carbocycles. The molecular formula is C13H29N3O. The highest BCUT2D eigenvalue weighted by atomic mass is 16.2. The first kappa shape index (κ1) is 16.4. The predicted octanol–water partition coefficient (Wildman–Crippen LogP) is 1.19. The van der Waals surface area contributed by atoms with E-state index in [0.29, 0.717) is 18.4 Å². The van der Waals surface area contributed by atoms with Crippen LogP contribution in [0.25, 0.3) is 0 Å². The van der Waals surface area contributed by atoms with Gasteiger partial charge >= 0.3 is 0 Å². The predicted molar refractivity (Wildman–Crippen MR) is 72.5 cm³/mol. The topological polar surface area (TPSA) is 72.4 Å². The van der Waals surface area contributed by atoms with Gasteiger partial charge in [-0.1, -0.05) is 27.7 Å². The van der Waals surface area contributed by atoms with E-state index in [9.17, 15) is 4.79 Å². The lowest BCUT2D eigenvalue weighted by molar-refractivity contribution is -0.131. The van der Waals surface area contributed by atoms with Crippen molar-refractivity contribution in [1.82, 2.24) is 4.90 Å². The molecule has 4 heteroatoms. The van der Waals surface area contributed by atoms with Crippen molar-refractivity contribution in [2.24, 2.45) is 23.3 Å². The van der Waals surface area contributed by atoms with Crippen molar-refractivity contribution < 1.29 is 4.79 Å². The Morgan fingerprint density at radius 2 is 1.71 bits per heavy atom. The van der Waals surface area contributed by atoms with E-state index >= 15 is 0 Å². The molecular weight excluding hydrogens is 214 g/mol. The quantitative estimate of drug-likeness (QED) is 0.705. The lowest BCUT2D eigenvalue weighted by atomic mass is 10.0. The Hall–Kier alpha value is -0.610. The van der Waals surface area contributed by atoms with Gasteiger partial charge in [-0.2, -0.15) is 0 Å². The fraction of sp³-hybridized carbons (Fsp3) is 0.923. The minimum absolute atomic E-state index is 0.0228. The molecule has 1 unspecified atom stereocenters. The van der Waals surface area contributed by atoms with Crippen LogP contribution in [0.15, 0.2) is 0 Å². The zero-order valence-electron chi connectivity index (χ0n) is 11.9. The molecule has 17 heavy (non-hydrogen) atoms. The number of carbonyl (C=O) groups excluding carboxylic acids is 1. The first-order chi connectivity index (χ1) is 7.75. The second-order valence-corrected chi connectivity index (χ2v) is 5.69. The minimum Gasteiger partial charge on any atom is -0.344 e. The Morgan fingerprint density at radius 3 is 2.12 bits per heavy atom. The summed E-state index contributed by atoms with van der Waals surface area (Å²) in [6, 6.07) is -0.234. The van der Waals surface area contributed by atoms with Gasteiger partial charge in [0.05, 0.1) is 6.04 Å². The van der Waals surface area contributed by atoms with Crippen molar-refractivity contribution in [3.05, 3.63) is 0 Å². The van der Waals surface area contributed by atoms with Gasteiger partial charge in [-0.25, -0.2) is 0 Å². The summed E-state index contributed by atoms with van der Waals surface area (Å²) < 4.78 is 0. The molecule has 0 heterocycles. The van der Waals surface area contributed by atoms with E-state index in [-0.39, 0.29) is 18.0 Å². The van der Waals surface area contributed by atoms with E-state index in [0.717, 1.165) is 12.8 Å². The molecule has 0 aliphatic rings. The highest BCUT2D eigenvalue weighted by molar-refractivity contribution is 5.81. The van der Waals surface area contributed by atoms with E-state index in [4.69, 9.17) is 11.5 Å². The van der Waals surface area contributed by atoms with Gasteiger partial charge in [-0.3, -0.25) is 4.79 Å². The van der Waals surface area contributed by atoms with Crippen LogP contribution in [0.5, 0.6) is 0 Å². The second kappa shape index (κ2) is 7.67. The fourth-order valence-electron chi connectivity index (χ4n) is 1.68. The van der Waals surface area contributed by atoms with Crippen LogP contribution in [0.4, 0.5) is 0 Å². The summed E-state index contributed by atoms with van der Waals surface area (Å²) in [4.78, 5) is 13.6. The summed E-state index contributed by atoms with van der Waals surface area (Å²) in [5.41, 5.74) is 11.8. The van der Waals surface area contributed by atoms with Gasteiger partial charge in [-0.15, -0.1) is 0 Å². The third kappa shape index (κ3) is 6.64. The number of carbonyl (C=O) groups is 1. The minimum atomic E-state index is -0.379. The molecule has 102 valence electrons. The van der Waals surface area contributed by atoms with Crippen molar-refractivity contribution in [2.45, 2.75) is 52.6 Å². The summed E-state index contributed by atoms with van der Waals surface area (Å²) in [6.07, 6.45) is 1.56. The van der Waals surface area contributed by atoms with Crippen LogP contribution in [0.2, 0.25) is 0 Å². The van der Waals surface area contributed by atoms with Crippen LogP contribution in [0.1, 0.15) is 40.5 Å². The van der Waals surface area contributed by atoms with Crippen LogP contribution in [-0.4, -0.2) is 36.5 Å². The van der Waals surface area contributed by atoms with E-state index in [1.54, 1.807) is 11.9 Å². The Bertz CT molecular complexity index is 229. The standard InChI is InChI=1S/C13H29N3O/c1-9(2)8-12(15)13(17)16(5)7-6-11(14)10(3)4/h9-12H,6-8,14-15H2,1-5H3/t11?,12-/m0/s1. The molecule has 0 aliphatic heterocycles. The zero-order valence-corrected chi connectivity index (χ0v) is 11.9. The summed E-state index contributed by atoms with van der Waals surface area (Å²) in [6.45, 7) is 9.02. The van der Waals surface area contributed by atoms with Crippen LogP contribution in [0.3, 0.4) is 0 Å². The van der Waals surface area contributed by atoms with Gasteiger partial charge in [0.15, 0.2) is 0 Å². The van der Waals surface area contributed by atoms with Crippen LogP contribution in [-0.2, 0) is 4.79 Å². The Kier molecular flexibility index (Phi) is 7.39. The molecule has 4 nitrogen and oxygen atoms in total. The Morgan fingerprint density at radius 1 is 1.18 bits per heavy atom. The molecule has 0 aliphatic carbocycles. The maximum Gasteiger partial charge on any atom is 0.239 e. The summed E-state index contributed by atoms with van der Waals surface area (Å²) in [7, 11) is 1.80. The molecule has 0 radical (unpaired) electrons. The summed E-state index contributed by atoms with van der Waals surface area (Å²) in [5, 5.41) is 0. The van der Waals surface area contributed by atoms with Crippen LogP contribution in [0, 0.1) is 11.8 Å². The number of nitrogens with zero attached hydrogens (tertiary/aromatic N) is 1. The molecule has 0 bridgehead atoms. The number of amides is 1. The summed E-state index contributed by atoms with van der Waals surface area (Å²) in [5.74, 6) is 0.915. The normalized spacial score (nSPS) is 15.1. The molecule has 1 amide bonds. The smallest absolute Gasteiger partial charge is 0.239 e. The molecule has 0 aromatic heterocycles. The molecule has 0 rings (SSSR count). The van der Waals surface area contributed by atoms with E-state index < -0.39 is 0 Å². The van der Waals surface area contributed by atoms with Crippen molar-refractivity contribution in [3.63, 3.8) is 0 Å². The van der Waals surface area contributed by atoms with Gasteiger partial charge in [0, 0.05) is 19.6 Å². The van der Waals surface area contributed by atoms with Crippen molar-refractivity contribution in [2.75, 3.05) is 13.6 Å². The molecule has 4 N–H and O–H groups in total. The van der Waals surface area contributed by atoms with Gasteiger partial charge in [0.2, 0.25) is 5.91 Å². The molecule has 0 saturated heterocycles. The lowest BCUT2D eigenvalue weighted by Crippen LogP contribution is -2.44. The van der Waals surface area contributed by atoms with E-state index in [1.165, 1.54) is 0 Å². The fourth-order valence-corrected chi connectivity index (χ4v) is 1.68. The van der Waals surface area contributed by atoms with Gasteiger partial charge in [0.25, 0.3) is 0 Å². The maximum absolute atomic E-state index is 11.9. The Balaban J connectivity index is 4.05. The van der Waals surface area contributed by atoms with Gasteiger partial charge < -0.3 is 16.4 Å². The van der Waals surface area contributed by atoms with Crippen LogP contribution < -0.4 is 11.5 Å². The highest BCUT2D eigenvalue weighted by Gasteiger charge is 2.19. The van der Waals surface area contributed by atoms with Crippen LogP contribution >= 0.6 is 0 Å². The van der Waals surface area contributed by atoms with E-state index in [1.807, 2.05) is 0 Å². The Labute approximate surface area is 106 Å². The number of likely N-dealkylation sites (N-methyl/N-ethyl adjacent to an activating group) is 1. The molecule has 0 fully saturated rings. The third-order valence-electron chi connectivity index (χ3n) is 3.07. The average Bonchev–Trinajstić information content (AvgIpc) is 2.22. The number of nitrogens with two attached hydrogens (primary N) is 2. The van der Waals surface area contributed by atoms with Crippen molar-refractivity contribution in [3.8, 4) is 0 Å². The largest absolute Gasteiger partial charge is 0.344 e. The highest BCUT2D eigenvalue weighted by Crippen LogP contribution is 2.07. The van der Waals surface area contributed by atoms with Gasteiger partial charge in [-0.05, 0) is 24.7 Å². The van der Waals surface area contributed by atoms with E-state index in [2.05, 4.69) is 27.7 Å². The first-order valence-corrected chi connectivity index (χ1v) is 6.51. The second-order valence-electron chi connectivity index (χ2n) is 5.69. The SMILES string of the molecule is CC(C)C[C@H](N)C(=O)N(C)CCC(N)C(C)C. The summed E-state index contributed by atoms with van der Waals surface area (Å²) >= 11 is 0. The third-order valence-corrected chi connectivity index (χ3v) is 3.07. The average molecular weight is 243 g/mol. The first-order valence-electron chi connectivity index (χ1n) is 6.51. The number of hydrogen-bond acceptors (Lipinski definition) is 3. The van der Waals surface area contributed by atoms with Crippen molar-refractivity contribution >= 4 is 5.91 Å². The maximum atomic E-state index is 11.9. The zero-order chi connectivity index (χ0) is 13.6. The molecule has 0 saturated carbocycles. The number of rotatable bonds is 7. The molecule has 0 aromatic rings. The molecule has 0 spiro atoms. The lowest BCUT2D eigenvalue weighted by Gasteiger charge is -2.24. The number of hydrogen-bond donors (Lipinski definition) is 2. The molecule has 2 atom stereocenters. The van der Waals surface area contributed by atoms with Crippen molar-refractivity contribution in [1.29, 1.82) is 0 Å².